The summed E-state index contributed by atoms with van der Waals surface area (Å²) in [6.07, 6.45) is 27.0. The van der Waals surface area contributed by atoms with Gasteiger partial charge in [-0.2, -0.15) is 0 Å². The first kappa shape index (κ1) is 29.6. The molecule has 0 heterocycles. The van der Waals surface area contributed by atoms with Gasteiger partial charge in [-0.05, 0) is 18.2 Å². The Kier molecular flexibility index (Phi) is 21.5. The van der Waals surface area contributed by atoms with Crippen LogP contribution >= 0.6 is 12.2 Å². The number of carbonyl (C=O) groups is 1. The molecule has 178 valence electrons. The molecule has 0 aromatic rings. The van der Waals surface area contributed by atoms with E-state index in [1.54, 1.807) is 5.37 Å². The van der Waals surface area contributed by atoms with Crippen LogP contribution in [-0.4, -0.2) is 16.4 Å². The Hall–Kier alpha value is -0.440. The average Bonchev–Trinajstić information content (AvgIpc) is 2.74. The van der Waals surface area contributed by atoms with Crippen molar-refractivity contribution in [1.29, 1.82) is 0 Å². The van der Waals surface area contributed by atoms with E-state index in [4.69, 9.17) is 12.2 Å². The van der Waals surface area contributed by atoms with Gasteiger partial charge in [0.25, 0.3) is 0 Å². The highest BCUT2D eigenvalue weighted by Crippen LogP contribution is 2.31. The van der Waals surface area contributed by atoms with Crippen LogP contribution in [0.25, 0.3) is 0 Å². The monoisotopic (exact) mass is 440 g/mol. The first-order chi connectivity index (χ1) is 14.6. The normalized spacial score (nSPS) is 11.7. The van der Waals surface area contributed by atoms with Gasteiger partial charge in [0, 0.05) is 0 Å². The molecule has 0 aromatic carbocycles. The highest BCUT2D eigenvalue weighted by atomic mass is 32.1. The predicted molar refractivity (Wildman–Crippen MR) is 137 cm³/mol. The van der Waals surface area contributed by atoms with Crippen molar-refractivity contribution in [3.63, 3.8) is 0 Å². The maximum absolute atomic E-state index is 11.9. The molecule has 0 bridgehead atoms. The molecular weight excluding hydrogens is 388 g/mol. The van der Waals surface area contributed by atoms with Crippen LogP contribution in [0.3, 0.4) is 0 Å². The number of unbranched alkanes of at least 4 members (excludes halogenated alkanes) is 18. The highest BCUT2D eigenvalue weighted by Gasteiger charge is 2.34. The Bertz CT molecular complexity index is 370. The second-order valence-corrected chi connectivity index (χ2v) is 9.68. The van der Waals surface area contributed by atoms with Gasteiger partial charge in [-0.15, -0.1) is 0 Å². The number of aliphatic carboxylic acids is 1. The molecule has 0 aliphatic rings. The van der Waals surface area contributed by atoms with E-state index < -0.39 is 11.4 Å². The smallest absolute Gasteiger partial charge is 0.314 e. The Balaban J connectivity index is 3.84. The third kappa shape index (κ3) is 16.3. The van der Waals surface area contributed by atoms with E-state index in [2.05, 4.69) is 13.8 Å². The number of hydrogen-bond donors (Lipinski definition) is 1. The van der Waals surface area contributed by atoms with Gasteiger partial charge in [0.2, 0.25) is 0 Å². The molecule has 0 unspecified atom stereocenters. The van der Waals surface area contributed by atoms with E-state index >= 15 is 0 Å². The molecule has 0 saturated carbocycles. The minimum Gasteiger partial charge on any atom is -0.481 e. The van der Waals surface area contributed by atoms with Crippen molar-refractivity contribution in [2.75, 3.05) is 0 Å². The number of thiocarbonyl (C=S) groups is 1. The molecule has 2 nitrogen and oxygen atoms in total. The molecule has 1 N–H and O–H groups in total. The molecule has 0 radical (unpaired) electrons. The lowest BCUT2D eigenvalue weighted by molar-refractivity contribution is -0.145. The SMILES string of the molecule is CCCCCCCCCCCCC(C=S)(CCCCCCCCCCCC)C(=O)O. The fourth-order valence-corrected chi connectivity index (χ4v) is 4.70. The summed E-state index contributed by atoms with van der Waals surface area (Å²) in [5.41, 5.74) is -0.768. The number of rotatable bonds is 24. The number of hydrogen-bond acceptors (Lipinski definition) is 2. The molecule has 0 spiro atoms. The van der Waals surface area contributed by atoms with E-state index in [0.717, 1.165) is 38.5 Å². The number of carboxylic acids is 1. The maximum atomic E-state index is 11.9. The van der Waals surface area contributed by atoms with E-state index in [-0.39, 0.29) is 0 Å². The second kappa shape index (κ2) is 21.8. The second-order valence-electron chi connectivity index (χ2n) is 9.44. The molecule has 0 amide bonds. The van der Waals surface area contributed by atoms with Gasteiger partial charge < -0.3 is 5.11 Å². The van der Waals surface area contributed by atoms with Crippen LogP contribution in [-0.2, 0) is 4.79 Å². The van der Waals surface area contributed by atoms with Gasteiger partial charge in [-0.3, -0.25) is 4.79 Å². The summed E-state index contributed by atoms with van der Waals surface area (Å²) >= 11 is 5.20. The van der Waals surface area contributed by atoms with Crippen LogP contribution in [0.1, 0.15) is 155 Å². The summed E-state index contributed by atoms with van der Waals surface area (Å²) in [6.45, 7) is 4.52. The van der Waals surface area contributed by atoms with Crippen molar-refractivity contribution in [3.8, 4) is 0 Å². The standard InChI is InChI=1S/C27H52O2S/c1-3-5-7-9-11-13-15-17-19-21-23-27(25-30,26(28)29)24-22-20-18-16-14-12-10-8-6-4-2/h25H,3-24H2,1-2H3,(H,28,29). The third-order valence-corrected chi connectivity index (χ3v) is 7.06. The van der Waals surface area contributed by atoms with Crippen molar-refractivity contribution in [1.82, 2.24) is 0 Å². The fraction of sp³-hybridized carbons (Fsp3) is 0.926. The van der Waals surface area contributed by atoms with Crippen LogP contribution in [0.5, 0.6) is 0 Å². The number of carboxylic acid groups (broad SMARTS) is 1. The summed E-state index contributed by atoms with van der Waals surface area (Å²) in [5.74, 6) is -0.704. The lowest BCUT2D eigenvalue weighted by atomic mass is 9.79. The molecule has 0 aliphatic heterocycles. The average molecular weight is 441 g/mol. The van der Waals surface area contributed by atoms with E-state index in [1.165, 1.54) is 103 Å². The maximum Gasteiger partial charge on any atom is 0.314 e. The topological polar surface area (TPSA) is 37.3 Å². The Morgan fingerprint density at radius 3 is 1.10 bits per heavy atom. The summed E-state index contributed by atoms with van der Waals surface area (Å²) in [5, 5.41) is 11.4. The van der Waals surface area contributed by atoms with Crippen LogP contribution in [0.15, 0.2) is 0 Å². The zero-order chi connectivity index (χ0) is 22.3. The largest absolute Gasteiger partial charge is 0.481 e. The third-order valence-electron chi connectivity index (χ3n) is 6.60. The summed E-state index contributed by atoms with van der Waals surface area (Å²) < 4.78 is 0. The van der Waals surface area contributed by atoms with Crippen molar-refractivity contribution in [2.45, 2.75) is 155 Å². The van der Waals surface area contributed by atoms with Gasteiger partial charge in [0.15, 0.2) is 0 Å². The quantitative estimate of drug-likeness (QED) is 0.120. The Labute approximate surface area is 194 Å². The summed E-state index contributed by atoms with van der Waals surface area (Å²) in [4.78, 5) is 11.9. The van der Waals surface area contributed by atoms with Gasteiger partial charge in [0.1, 0.15) is 0 Å². The lowest BCUT2D eigenvalue weighted by Crippen LogP contribution is -2.32. The summed E-state index contributed by atoms with van der Waals surface area (Å²) in [7, 11) is 0. The zero-order valence-electron chi connectivity index (χ0n) is 20.4. The van der Waals surface area contributed by atoms with Crippen LogP contribution in [0.4, 0.5) is 0 Å². The van der Waals surface area contributed by atoms with E-state index in [0.29, 0.717) is 0 Å². The molecule has 0 rings (SSSR count). The lowest BCUT2D eigenvalue weighted by Gasteiger charge is -2.25. The molecular formula is C27H52O2S. The van der Waals surface area contributed by atoms with Gasteiger partial charge in [-0.1, -0.05) is 154 Å². The van der Waals surface area contributed by atoms with E-state index in [9.17, 15) is 9.90 Å². The molecule has 0 aromatic heterocycles. The highest BCUT2D eigenvalue weighted by molar-refractivity contribution is 7.79. The Morgan fingerprint density at radius 2 is 0.867 bits per heavy atom. The summed E-state index contributed by atoms with van der Waals surface area (Å²) in [6, 6.07) is 0. The fourth-order valence-electron chi connectivity index (χ4n) is 4.36. The van der Waals surface area contributed by atoms with Crippen LogP contribution < -0.4 is 0 Å². The van der Waals surface area contributed by atoms with Crippen molar-refractivity contribution >= 4 is 23.6 Å². The molecule has 30 heavy (non-hydrogen) atoms. The van der Waals surface area contributed by atoms with Crippen molar-refractivity contribution < 1.29 is 9.90 Å². The van der Waals surface area contributed by atoms with Crippen molar-refractivity contribution in [2.24, 2.45) is 5.41 Å². The van der Waals surface area contributed by atoms with Crippen LogP contribution in [0, 0.1) is 5.41 Å². The van der Waals surface area contributed by atoms with Gasteiger partial charge in [0.05, 0.1) is 5.41 Å². The molecule has 0 saturated heterocycles. The molecule has 0 fully saturated rings. The van der Waals surface area contributed by atoms with Crippen LogP contribution in [0.2, 0.25) is 0 Å². The minimum atomic E-state index is -0.768. The zero-order valence-corrected chi connectivity index (χ0v) is 21.2. The van der Waals surface area contributed by atoms with E-state index in [1.807, 2.05) is 0 Å². The first-order valence-electron chi connectivity index (χ1n) is 13.3. The molecule has 0 aliphatic carbocycles. The minimum absolute atomic E-state index is 0.704. The molecule has 3 heteroatoms. The first-order valence-corrected chi connectivity index (χ1v) is 13.8. The Morgan fingerprint density at radius 1 is 0.600 bits per heavy atom. The molecule has 0 atom stereocenters. The van der Waals surface area contributed by atoms with Crippen molar-refractivity contribution in [3.05, 3.63) is 0 Å². The van der Waals surface area contributed by atoms with Gasteiger partial charge in [-0.25, -0.2) is 0 Å². The predicted octanol–water partition coefficient (Wildman–Crippen LogP) is 9.68. The van der Waals surface area contributed by atoms with Gasteiger partial charge >= 0.3 is 5.97 Å².